The summed E-state index contributed by atoms with van der Waals surface area (Å²) in [4.78, 5) is 24.2. The SMILES string of the molecule is CN(NC(=O)c1cccc(NC(=O)OC(C)(C)C)c1)c1ccccc1. The highest BCUT2D eigenvalue weighted by atomic mass is 16.6. The average Bonchev–Trinajstić information content (AvgIpc) is 2.54. The zero-order chi connectivity index (χ0) is 18.4. The minimum absolute atomic E-state index is 0.279. The summed E-state index contributed by atoms with van der Waals surface area (Å²) in [5, 5.41) is 4.26. The molecule has 0 bridgehead atoms. The predicted octanol–water partition coefficient (Wildman–Crippen LogP) is 3.81. The highest BCUT2D eigenvalue weighted by Crippen LogP contribution is 2.14. The van der Waals surface area contributed by atoms with Gasteiger partial charge >= 0.3 is 6.09 Å². The number of carbonyl (C=O) groups excluding carboxylic acids is 2. The summed E-state index contributed by atoms with van der Waals surface area (Å²) in [6, 6.07) is 16.1. The number of carbonyl (C=O) groups is 2. The first-order chi connectivity index (χ1) is 11.7. The van der Waals surface area contributed by atoms with Crippen LogP contribution in [-0.2, 0) is 4.74 Å². The van der Waals surface area contributed by atoms with Crippen LogP contribution in [0.5, 0.6) is 0 Å². The summed E-state index contributed by atoms with van der Waals surface area (Å²) in [7, 11) is 1.76. The normalized spacial score (nSPS) is 10.7. The average molecular weight is 341 g/mol. The van der Waals surface area contributed by atoms with Crippen LogP contribution in [0, 0.1) is 0 Å². The molecule has 0 unspecified atom stereocenters. The Morgan fingerprint density at radius 3 is 2.32 bits per heavy atom. The Labute approximate surface area is 147 Å². The summed E-state index contributed by atoms with van der Waals surface area (Å²) < 4.78 is 5.21. The molecule has 0 saturated heterocycles. The monoisotopic (exact) mass is 341 g/mol. The van der Waals surface area contributed by atoms with Gasteiger partial charge in [-0.25, -0.2) is 4.79 Å². The van der Waals surface area contributed by atoms with Gasteiger partial charge in [-0.3, -0.25) is 20.5 Å². The van der Waals surface area contributed by atoms with Crippen LogP contribution >= 0.6 is 0 Å². The largest absolute Gasteiger partial charge is 0.444 e. The molecule has 0 radical (unpaired) electrons. The number of benzene rings is 2. The lowest BCUT2D eigenvalue weighted by atomic mass is 10.2. The van der Waals surface area contributed by atoms with Crippen molar-refractivity contribution in [3.63, 3.8) is 0 Å². The predicted molar refractivity (Wildman–Crippen MR) is 98.6 cm³/mol. The van der Waals surface area contributed by atoms with E-state index in [9.17, 15) is 9.59 Å². The molecule has 0 aromatic heterocycles. The summed E-state index contributed by atoms with van der Waals surface area (Å²) in [5.41, 5.74) is 3.97. The molecule has 0 aliphatic heterocycles. The fourth-order valence-electron chi connectivity index (χ4n) is 2.09. The van der Waals surface area contributed by atoms with Crippen LogP contribution in [0.25, 0.3) is 0 Å². The molecule has 0 atom stereocenters. The van der Waals surface area contributed by atoms with Gasteiger partial charge in [0, 0.05) is 18.3 Å². The van der Waals surface area contributed by atoms with E-state index in [-0.39, 0.29) is 5.91 Å². The number of amides is 2. The van der Waals surface area contributed by atoms with Gasteiger partial charge in [0.25, 0.3) is 5.91 Å². The van der Waals surface area contributed by atoms with E-state index in [1.54, 1.807) is 57.1 Å². The summed E-state index contributed by atoms with van der Waals surface area (Å²) in [6.07, 6.45) is -0.563. The first kappa shape index (κ1) is 18.3. The van der Waals surface area contributed by atoms with Gasteiger partial charge in [0.15, 0.2) is 0 Å². The maximum atomic E-state index is 12.4. The third-order valence-corrected chi connectivity index (χ3v) is 3.18. The molecule has 0 fully saturated rings. The molecule has 0 spiro atoms. The van der Waals surface area contributed by atoms with Crippen LogP contribution in [0.2, 0.25) is 0 Å². The molecule has 0 aliphatic rings. The lowest BCUT2D eigenvalue weighted by Crippen LogP contribution is -2.39. The Kier molecular flexibility index (Phi) is 5.64. The van der Waals surface area contributed by atoms with Crippen molar-refractivity contribution in [2.75, 3.05) is 17.4 Å². The number of hydrogen-bond donors (Lipinski definition) is 2. The number of rotatable bonds is 4. The van der Waals surface area contributed by atoms with Crippen LogP contribution < -0.4 is 15.8 Å². The maximum absolute atomic E-state index is 12.4. The van der Waals surface area contributed by atoms with Crippen LogP contribution in [0.15, 0.2) is 54.6 Å². The van der Waals surface area contributed by atoms with Gasteiger partial charge in [0.2, 0.25) is 0 Å². The maximum Gasteiger partial charge on any atom is 0.412 e. The lowest BCUT2D eigenvalue weighted by Gasteiger charge is -2.21. The number of nitrogens with zero attached hydrogens (tertiary/aromatic N) is 1. The van der Waals surface area contributed by atoms with Gasteiger partial charge in [-0.1, -0.05) is 24.3 Å². The zero-order valence-corrected chi connectivity index (χ0v) is 14.9. The number of hydrazine groups is 1. The van der Waals surface area contributed by atoms with Crippen LogP contribution in [-0.4, -0.2) is 24.6 Å². The number of hydrogen-bond acceptors (Lipinski definition) is 4. The standard InChI is InChI=1S/C19H23N3O3/c1-19(2,3)25-18(24)20-15-10-8-9-14(13-15)17(23)21-22(4)16-11-6-5-7-12-16/h5-13H,1-4H3,(H,20,24)(H,21,23). The van der Waals surface area contributed by atoms with Gasteiger partial charge in [-0.05, 0) is 51.1 Å². The summed E-state index contributed by atoms with van der Waals surface area (Å²) >= 11 is 0. The second-order valence-electron chi connectivity index (χ2n) is 6.54. The number of nitrogens with one attached hydrogen (secondary N) is 2. The molecule has 2 amide bonds. The molecule has 132 valence electrons. The zero-order valence-electron chi connectivity index (χ0n) is 14.9. The second kappa shape index (κ2) is 7.70. The smallest absolute Gasteiger partial charge is 0.412 e. The van der Waals surface area contributed by atoms with E-state index in [1.807, 2.05) is 30.3 Å². The van der Waals surface area contributed by atoms with Crippen molar-refractivity contribution in [2.24, 2.45) is 0 Å². The van der Waals surface area contributed by atoms with E-state index in [2.05, 4.69) is 10.7 Å². The molecule has 0 saturated carbocycles. The van der Waals surface area contributed by atoms with Crippen LogP contribution in [0.4, 0.5) is 16.2 Å². The van der Waals surface area contributed by atoms with E-state index in [4.69, 9.17) is 4.74 Å². The Morgan fingerprint density at radius 2 is 1.68 bits per heavy atom. The van der Waals surface area contributed by atoms with Gasteiger partial charge in [0.05, 0.1) is 5.69 Å². The Balaban J connectivity index is 2.02. The Bertz CT molecular complexity index is 739. The topological polar surface area (TPSA) is 70.7 Å². The number of para-hydroxylation sites is 1. The van der Waals surface area contributed by atoms with Crippen molar-refractivity contribution < 1.29 is 14.3 Å². The molecular formula is C19H23N3O3. The summed E-state index contributed by atoms with van der Waals surface area (Å²) in [5.74, 6) is -0.279. The molecule has 2 N–H and O–H groups in total. The minimum atomic E-state index is -0.586. The van der Waals surface area contributed by atoms with Gasteiger partial charge in [-0.15, -0.1) is 0 Å². The first-order valence-electron chi connectivity index (χ1n) is 7.94. The van der Waals surface area contributed by atoms with E-state index in [0.29, 0.717) is 11.3 Å². The van der Waals surface area contributed by atoms with E-state index < -0.39 is 11.7 Å². The molecule has 2 aromatic carbocycles. The molecular weight excluding hydrogens is 318 g/mol. The van der Waals surface area contributed by atoms with E-state index in [0.717, 1.165) is 5.69 Å². The molecule has 0 aliphatic carbocycles. The fraction of sp³-hybridized carbons (Fsp3) is 0.263. The molecule has 2 aromatic rings. The Hall–Kier alpha value is -3.02. The van der Waals surface area contributed by atoms with Crippen molar-refractivity contribution >= 4 is 23.4 Å². The van der Waals surface area contributed by atoms with Gasteiger partial charge < -0.3 is 4.74 Å². The third-order valence-electron chi connectivity index (χ3n) is 3.18. The molecule has 2 rings (SSSR count). The van der Waals surface area contributed by atoms with E-state index in [1.165, 1.54) is 0 Å². The molecule has 6 nitrogen and oxygen atoms in total. The minimum Gasteiger partial charge on any atom is -0.444 e. The van der Waals surface area contributed by atoms with Crippen molar-refractivity contribution in [3.8, 4) is 0 Å². The number of ether oxygens (including phenoxy) is 1. The molecule has 25 heavy (non-hydrogen) atoms. The number of anilines is 2. The van der Waals surface area contributed by atoms with Crippen molar-refractivity contribution in [2.45, 2.75) is 26.4 Å². The lowest BCUT2D eigenvalue weighted by molar-refractivity contribution is 0.0635. The second-order valence-corrected chi connectivity index (χ2v) is 6.54. The first-order valence-corrected chi connectivity index (χ1v) is 7.94. The van der Waals surface area contributed by atoms with E-state index >= 15 is 0 Å². The highest BCUT2D eigenvalue weighted by molar-refractivity contribution is 5.97. The quantitative estimate of drug-likeness (QED) is 0.830. The molecule has 0 heterocycles. The third kappa shape index (κ3) is 5.84. The Morgan fingerprint density at radius 1 is 1.00 bits per heavy atom. The van der Waals surface area contributed by atoms with Gasteiger partial charge in [-0.2, -0.15) is 0 Å². The highest BCUT2D eigenvalue weighted by Gasteiger charge is 2.17. The fourth-order valence-corrected chi connectivity index (χ4v) is 2.09. The molecule has 6 heteroatoms. The van der Waals surface area contributed by atoms with Crippen molar-refractivity contribution in [3.05, 3.63) is 60.2 Å². The van der Waals surface area contributed by atoms with Crippen molar-refractivity contribution in [1.29, 1.82) is 0 Å². The van der Waals surface area contributed by atoms with Crippen molar-refractivity contribution in [1.82, 2.24) is 5.43 Å². The van der Waals surface area contributed by atoms with Crippen LogP contribution in [0.1, 0.15) is 31.1 Å². The van der Waals surface area contributed by atoms with Gasteiger partial charge in [0.1, 0.15) is 5.60 Å². The summed E-state index contributed by atoms with van der Waals surface area (Å²) in [6.45, 7) is 5.36. The van der Waals surface area contributed by atoms with Crippen LogP contribution in [0.3, 0.4) is 0 Å².